The predicted octanol–water partition coefficient (Wildman–Crippen LogP) is 3.58. The maximum absolute atomic E-state index is 13.5. The average Bonchev–Trinajstić information content (AvgIpc) is 2.85. The SMILES string of the molecule is C/C=C/CN(Cc1ccccc1)C(=O)c1cnc(N2CCOCC2)nc1NCCC.O=C(O)O. The van der Waals surface area contributed by atoms with Crippen LogP contribution in [0.1, 0.15) is 36.2 Å². The van der Waals surface area contributed by atoms with E-state index in [1.807, 2.05) is 54.3 Å². The fraction of sp³-hybridized carbons (Fsp3) is 0.417. The molecule has 0 aliphatic carbocycles. The minimum atomic E-state index is -1.83. The van der Waals surface area contributed by atoms with Gasteiger partial charge in [0.15, 0.2) is 0 Å². The van der Waals surface area contributed by atoms with Gasteiger partial charge in [0.2, 0.25) is 5.95 Å². The molecule has 1 aliphatic heterocycles. The van der Waals surface area contributed by atoms with E-state index in [2.05, 4.69) is 22.1 Å². The fourth-order valence-corrected chi connectivity index (χ4v) is 3.25. The van der Waals surface area contributed by atoms with Crippen molar-refractivity contribution in [3.05, 3.63) is 59.8 Å². The molecule has 0 radical (unpaired) electrons. The van der Waals surface area contributed by atoms with Crippen LogP contribution in [0.2, 0.25) is 0 Å². The molecule has 1 saturated heterocycles. The van der Waals surface area contributed by atoms with Crippen LogP contribution in [-0.4, -0.2) is 76.5 Å². The number of anilines is 2. The number of nitrogens with zero attached hydrogens (tertiary/aromatic N) is 4. The van der Waals surface area contributed by atoms with Crippen LogP contribution >= 0.6 is 0 Å². The van der Waals surface area contributed by atoms with Crippen LogP contribution in [0.3, 0.4) is 0 Å². The monoisotopic (exact) mass is 471 g/mol. The predicted molar refractivity (Wildman–Crippen MR) is 130 cm³/mol. The molecule has 10 nitrogen and oxygen atoms in total. The third-order valence-corrected chi connectivity index (χ3v) is 4.91. The van der Waals surface area contributed by atoms with E-state index in [9.17, 15) is 4.79 Å². The number of hydrogen-bond acceptors (Lipinski definition) is 7. The fourth-order valence-electron chi connectivity index (χ4n) is 3.25. The van der Waals surface area contributed by atoms with Crippen LogP contribution in [0.15, 0.2) is 48.7 Å². The lowest BCUT2D eigenvalue weighted by Gasteiger charge is -2.28. The van der Waals surface area contributed by atoms with E-state index in [0.717, 1.165) is 31.6 Å². The summed E-state index contributed by atoms with van der Waals surface area (Å²) in [4.78, 5) is 35.2. The maximum atomic E-state index is 13.5. The first-order valence-electron chi connectivity index (χ1n) is 11.3. The molecule has 184 valence electrons. The molecule has 3 N–H and O–H groups in total. The van der Waals surface area contributed by atoms with Crippen molar-refractivity contribution in [2.75, 3.05) is 49.6 Å². The molecule has 3 rings (SSSR count). The molecule has 10 heteroatoms. The van der Waals surface area contributed by atoms with Crippen molar-refractivity contribution in [1.82, 2.24) is 14.9 Å². The molecular formula is C24H33N5O5. The lowest BCUT2D eigenvalue weighted by molar-refractivity contribution is 0.0762. The summed E-state index contributed by atoms with van der Waals surface area (Å²) in [6.45, 7) is 8.68. The Hall–Kier alpha value is -3.66. The number of morpholine rings is 1. The second-order valence-corrected chi connectivity index (χ2v) is 7.48. The Morgan fingerprint density at radius 1 is 1.21 bits per heavy atom. The zero-order chi connectivity index (χ0) is 24.8. The molecule has 0 unspecified atom stereocenters. The second kappa shape index (κ2) is 14.5. The summed E-state index contributed by atoms with van der Waals surface area (Å²) in [6, 6.07) is 10.0. The topological polar surface area (TPSA) is 128 Å². The van der Waals surface area contributed by atoms with Crippen molar-refractivity contribution in [3.63, 3.8) is 0 Å². The zero-order valence-electron chi connectivity index (χ0n) is 19.7. The number of carbonyl (C=O) groups excluding carboxylic acids is 1. The van der Waals surface area contributed by atoms with Gasteiger partial charge in [0.25, 0.3) is 5.91 Å². The molecule has 0 saturated carbocycles. The van der Waals surface area contributed by atoms with Crippen LogP contribution in [0, 0.1) is 0 Å². The van der Waals surface area contributed by atoms with Gasteiger partial charge in [-0.3, -0.25) is 4.79 Å². The van der Waals surface area contributed by atoms with Gasteiger partial charge in [-0.2, -0.15) is 4.98 Å². The number of carbonyl (C=O) groups is 2. The normalized spacial score (nSPS) is 13.2. The Morgan fingerprint density at radius 3 is 2.50 bits per heavy atom. The highest BCUT2D eigenvalue weighted by Gasteiger charge is 2.22. The number of nitrogens with one attached hydrogen (secondary N) is 1. The highest BCUT2D eigenvalue weighted by atomic mass is 16.6. The number of aromatic nitrogens is 2. The first-order chi connectivity index (χ1) is 16.5. The van der Waals surface area contributed by atoms with E-state index in [-0.39, 0.29) is 5.91 Å². The Labute approximate surface area is 199 Å². The first-order valence-corrected chi connectivity index (χ1v) is 11.3. The number of benzene rings is 1. The molecule has 2 aromatic rings. The molecule has 0 bridgehead atoms. The van der Waals surface area contributed by atoms with E-state index in [0.29, 0.717) is 43.6 Å². The zero-order valence-corrected chi connectivity index (χ0v) is 19.7. The minimum Gasteiger partial charge on any atom is -0.450 e. The summed E-state index contributed by atoms with van der Waals surface area (Å²) >= 11 is 0. The molecule has 1 aliphatic rings. The number of amides is 1. The lowest BCUT2D eigenvalue weighted by Crippen LogP contribution is -2.38. The molecular weight excluding hydrogens is 438 g/mol. The molecule has 34 heavy (non-hydrogen) atoms. The third-order valence-electron chi connectivity index (χ3n) is 4.91. The summed E-state index contributed by atoms with van der Waals surface area (Å²) in [6.07, 6.45) is 4.71. The molecule has 1 amide bonds. The molecule has 2 heterocycles. The van der Waals surface area contributed by atoms with E-state index in [4.69, 9.17) is 24.7 Å². The van der Waals surface area contributed by atoms with Crippen molar-refractivity contribution in [2.24, 2.45) is 0 Å². The number of hydrogen-bond donors (Lipinski definition) is 3. The van der Waals surface area contributed by atoms with E-state index in [1.54, 1.807) is 6.20 Å². The quantitative estimate of drug-likeness (QED) is 0.470. The Bertz CT molecular complexity index is 929. The number of rotatable bonds is 9. The highest BCUT2D eigenvalue weighted by molar-refractivity contribution is 5.98. The first kappa shape index (κ1) is 26.6. The van der Waals surface area contributed by atoms with Gasteiger partial charge in [-0.25, -0.2) is 9.78 Å². The summed E-state index contributed by atoms with van der Waals surface area (Å²) < 4.78 is 5.42. The van der Waals surface area contributed by atoms with Crippen LogP contribution in [-0.2, 0) is 11.3 Å². The van der Waals surface area contributed by atoms with E-state index >= 15 is 0 Å². The number of ether oxygens (including phenoxy) is 1. The van der Waals surface area contributed by atoms with Gasteiger partial charge in [0.05, 0.1) is 13.2 Å². The summed E-state index contributed by atoms with van der Waals surface area (Å²) in [5, 5.41) is 17.3. The van der Waals surface area contributed by atoms with E-state index in [1.165, 1.54) is 0 Å². The summed E-state index contributed by atoms with van der Waals surface area (Å²) in [5.41, 5.74) is 1.59. The average molecular weight is 472 g/mol. The van der Waals surface area contributed by atoms with Crippen LogP contribution in [0.25, 0.3) is 0 Å². The van der Waals surface area contributed by atoms with Gasteiger partial charge < -0.3 is 30.1 Å². The molecule has 0 spiro atoms. The molecule has 1 fully saturated rings. The van der Waals surface area contributed by atoms with Gasteiger partial charge in [0.1, 0.15) is 11.4 Å². The largest absolute Gasteiger partial charge is 0.503 e. The Kier molecular flexibility index (Phi) is 11.3. The standard InChI is InChI=1S/C23H31N5O2.CH2O3/c1-3-5-12-28(18-19-9-7-6-8-10-19)22(29)20-17-25-23(26-21(20)24-11-4-2)27-13-15-30-16-14-27;2-1(3)4/h3,5-10,17H,4,11-16,18H2,1-2H3,(H,24,25,26);(H2,2,3,4)/b5-3+;. The maximum Gasteiger partial charge on any atom is 0.503 e. The second-order valence-electron chi connectivity index (χ2n) is 7.48. The van der Waals surface area contributed by atoms with Gasteiger partial charge in [-0.05, 0) is 18.9 Å². The Balaban J connectivity index is 0.000000945. The van der Waals surface area contributed by atoms with Crippen LogP contribution in [0.5, 0.6) is 0 Å². The third kappa shape index (κ3) is 8.70. The number of carboxylic acid groups (broad SMARTS) is 2. The van der Waals surface area contributed by atoms with Crippen molar-refractivity contribution in [1.29, 1.82) is 0 Å². The highest BCUT2D eigenvalue weighted by Crippen LogP contribution is 2.20. The molecule has 0 atom stereocenters. The minimum absolute atomic E-state index is 0.0796. The van der Waals surface area contributed by atoms with Crippen LogP contribution in [0.4, 0.5) is 16.6 Å². The lowest BCUT2D eigenvalue weighted by atomic mass is 10.2. The van der Waals surface area contributed by atoms with Gasteiger partial charge in [0, 0.05) is 38.9 Å². The number of allylic oxidation sites excluding steroid dienone is 1. The van der Waals surface area contributed by atoms with Crippen molar-refractivity contribution in [3.8, 4) is 0 Å². The van der Waals surface area contributed by atoms with Crippen molar-refractivity contribution >= 4 is 23.8 Å². The molecule has 1 aromatic heterocycles. The van der Waals surface area contributed by atoms with E-state index < -0.39 is 6.16 Å². The van der Waals surface area contributed by atoms with Gasteiger partial charge in [-0.1, -0.05) is 49.4 Å². The van der Waals surface area contributed by atoms with Crippen molar-refractivity contribution in [2.45, 2.75) is 26.8 Å². The summed E-state index contributed by atoms with van der Waals surface area (Å²) in [5.74, 6) is 1.15. The Morgan fingerprint density at radius 2 is 1.88 bits per heavy atom. The van der Waals surface area contributed by atoms with Gasteiger partial charge in [-0.15, -0.1) is 0 Å². The van der Waals surface area contributed by atoms with Crippen molar-refractivity contribution < 1.29 is 24.5 Å². The van der Waals surface area contributed by atoms with Crippen LogP contribution < -0.4 is 10.2 Å². The summed E-state index contributed by atoms with van der Waals surface area (Å²) in [7, 11) is 0. The smallest absolute Gasteiger partial charge is 0.450 e. The van der Waals surface area contributed by atoms with Gasteiger partial charge >= 0.3 is 6.16 Å². The molecule has 1 aromatic carbocycles.